The third-order valence-electron chi connectivity index (χ3n) is 3.34. The molecular formula is C13H22ClN3O. The second kappa shape index (κ2) is 6.41. The lowest BCUT2D eigenvalue weighted by Crippen LogP contribution is -2.36. The number of rotatable bonds is 6. The standard InChI is InChI=1S/C13H22ClN3O/c1-10(2)9-17(11-5-3-4-6-11)13-16-15-12(18-13)7-8-14/h10-11H,3-9H2,1-2H3. The Labute approximate surface area is 114 Å². The number of halogens is 1. The summed E-state index contributed by atoms with van der Waals surface area (Å²) in [6.45, 7) is 5.42. The first-order valence-electron chi connectivity index (χ1n) is 6.85. The van der Waals surface area contributed by atoms with Crippen molar-refractivity contribution < 1.29 is 4.42 Å². The summed E-state index contributed by atoms with van der Waals surface area (Å²) in [4.78, 5) is 2.29. The maximum atomic E-state index is 5.72. The summed E-state index contributed by atoms with van der Waals surface area (Å²) in [5.74, 6) is 1.76. The Morgan fingerprint density at radius 3 is 2.67 bits per heavy atom. The Hall–Kier alpha value is -0.770. The van der Waals surface area contributed by atoms with Crippen LogP contribution in [0.1, 0.15) is 45.4 Å². The zero-order valence-corrected chi connectivity index (χ0v) is 12.0. The Bertz CT molecular complexity index is 361. The molecule has 1 saturated carbocycles. The van der Waals surface area contributed by atoms with Crippen molar-refractivity contribution in [3.05, 3.63) is 5.89 Å². The lowest BCUT2D eigenvalue weighted by Gasteiger charge is -2.28. The van der Waals surface area contributed by atoms with E-state index in [-0.39, 0.29) is 0 Å². The van der Waals surface area contributed by atoms with Crippen LogP contribution in [0.25, 0.3) is 0 Å². The molecule has 0 aromatic carbocycles. The van der Waals surface area contributed by atoms with Crippen molar-refractivity contribution in [2.24, 2.45) is 5.92 Å². The van der Waals surface area contributed by atoms with Crippen LogP contribution in [-0.4, -0.2) is 28.7 Å². The number of aromatic nitrogens is 2. The van der Waals surface area contributed by atoms with E-state index in [1.54, 1.807) is 0 Å². The van der Waals surface area contributed by atoms with Crippen LogP contribution in [0, 0.1) is 5.92 Å². The van der Waals surface area contributed by atoms with Crippen molar-refractivity contribution in [1.82, 2.24) is 10.2 Å². The van der Waals surface area contributed by atoms with Gasteiger partial charge < -0.3 is 9.32 Å². The van der Waals surface area contributed by atoms with E-state index in [1.807, 2.05) is 0 Å². The van der Waals surface area contributed by atoms with Gasteiger partial charge >= 0.3 is 6.01 Å². The molecule has 0 N–H and O–H groups in total. The largest absolute Gasteiger partial charge is 0.408 e. The lowest BCUT2D eigenvalue weighted by molar-refractivity contribution is 0.444. The van der Waals surface area contributed by atoms with Gasteiger partial charge in [-0.25, -0.2) is 0 Å². The highest BCUT2D eigenvalue weighted by molar-refractivity contribution is 6.17. The third kappa shape index (κ3) is 3.37. The minimum atomic E-state index is 0.523. The molecule has 1 fully saturated rings. The Balaban J connectivity index is 2.10. The molecule has 0 saturated heterocycles. The van der Waals surface area contributed by atoms with Crippen molar-refractivity contribution in [3.63, 3.8) is 0 Å². The predicted octanol–water partition coefficient (Wildman–Crippen LogP) is 3.26. The van der Waals surface area contributed by atoms with Crippen LogP contribution in [-0.2, 0) is 6.42 Å². The van der Waals surface area contributed by atoms with E-state index >= 15 is 0 Å². The summed E-state index contributed by atoms with van der Waals surface area (Å²) in [5.41, 5.74) is 0. The maximum Gasteiger partial charge on any atom is 0.318 e. The van der Waals surface area contributed by atoms with Gasteiger partial charge in [-0.3, -0.25) is 0 Å². The second-order valence-corrected chi connectivity index (χ2v) is 5.78. The van der Waals surface area contributed by atoms with E-state index in [9.17, 15) is 0 Å². The smallest absolute Gasteiger partial charge is 0.318 e. The third-order valence-corrected chi connectivity index (χ3v) is 3.53. The van der Waals surface area contributed by atoms with Crippen LogP contribution in [0.3, 0.4) is 0 Å². The monoisotopic (exact) mass is 271 g/mol. The molecule has 1 aromatic rings. The van der Waals surface area contributed by atoms with Gasteiger partial charge in [0.15, 0.2) is 0 Å². The number of aryl methyl sites for hydroxylation is 1. The number of anilines is 1. The lowest BCUT2D eigenvalue weighted by atomic mass is 10.1. The molecule has 1 aliphatic rings. The first kappa shape index (κ1) is 13.7. The minimum absolute atomic E-state index is 0.523. The van der Waals surface area contributed by atoms with E-state index in [0.717, 1.165) is 6.54 Å². The Morgan fingerprint density at radius 2 is 2.06 bits per heavy atom. The van der Waals surface area contributed by atoms with Gasteiger partial charge in [-0.1, -0.05) is 31.8 Å². The number of nitrogens with zero attached hydrogens (tertiary/aromatic N) is 3. The molecule has 0 unspecified atom stereocenters. The summed E-state index contributed by atoms with van der Waals surface area (Å²) in [6.07, 6.45) is 5.73. The van der Waals surface area contributed by atoms with E-state index < -0.39 is 0 Å². The highest BCUT2D eigenvalue weighted by Gasteiger charge is 2.27. The molecule has 0 amide bonds. The summed E-state index contributed by atoms with van der Waals surface area (Å²) in [7, 11) is 0. The van der Waals surface area contributed by atoms with Crippen molar-refractivity contribution >= 4 is 17.6 Å². The average molecular weight is 272 g/mol. The van der Waals surface area contributed by atoms with Gasteiger partial charge in [-0.15, -0.1) is 16.7 Å². The van der Waals surface area contributed by atoms with Gasteiger partial charge in [0.05, 0.1) is 0 Å². The SMILES string of the molecule is CC(C)CN(c1nnc(CCCl)o1)C1CCCC1. The fourth-order valence-electron chi connectivity index (χ4n) is 2.54. The van der Waals surface area contributed by atoms with Crippen molar-refractivity contribution in [2.45, 2.75) is 52.0 Å². The first-order chi connectivity index (χ1) is 8.70. The van der Waals surface area contributed by atoms with Crippen LogP contribution in [0.15, 0.2) is 4.42 Å². The molecule has 18 heavy (non-hydrogen) atoms. The maximum absolute atomic E-state index is 5.72. The normalized spacial score (nSPS) is 16.7. The average Bonchev–Trinajstić information content (AvgIpc) is 2.97. The van der Waals surface area contributed by atoms with E-state index in [1.165, 1.54) is 25.7 Å². The molecule has 0 radical (unpaired) electrons. The molecule has 2 rings (SSSR count). The van der Waals surface area contributed by atoms with Crippen LogP contribution < -0.4 is 4.90 Å². The summed E-state index contributed by atoms with van der Waals surface area (Å²) >= 11 is 5.69. The zero-order chi connectivity index (χ0) is 13.0. The van der Waals surface area contributed by atoms with Crippen molar-refractivity contribution in [3.8, 4) is 0 Å². The van der Waals surface area contributed by atoms with Crippen molar-refractivity contribution in [2.75, 3.05) is 17.3 Å². The topological polar surface area (TPSA) is 42.2 Å². The van der Waals surface area contributed by atoms with Gasteiger partial charge in [0.25, 0.3) is 0 Å². The van der Waals surface area contributed by atoms with Crippen LogP contribution in [0.5, 0.6) is 0 Å². The predicted molar refractivity (Wildman–Crippen MR) is 73.2 cm³/mol. The van der Waals surface area contributed by atoms with Crippen molar-refractivity contribution in [1.29, 1.82) is 0 Å². The summed E-state index contributed by atoms with van der Waals surface area (Å²) in [5, 5.41) is 8.25. The fourth-order valence-corrected chi connectivity index (χ4v) is 2.70. The zero-order valence-electron chi connectivity index (χ0n) is 11.2. The quantitative estimate of drug-likeness (QED) is 0.745. The molecule has 0 spiro atoms. The molecule has 1 aliphatic carbocycles. The van der Waals surface area contributed by atoms with Crippen LogP contribution in [0.2, 0.25) is 0 Å². The summed E-state index contributed by atoms with van der Waals surface area (Å²) < 4.78 is 5.72. The van der Waals surface area contributed by atoms with E-state index in [2.05, 4.69) is 28.9 Å². The molecule has 5 heteroatoms. The number of hydrogen-bond donors (Lipinski definition) is 0. The molecule has 4 nitrogen and oxygen atoms in total. The van der Waals surface area contributed by atoms with E-state index in [0.29, 0.717) is 36.2 Å². The van der Waals surface area contributed by atoms with Gasteiger partial charge in [-0.2, -0.15) is 0 Å². The van der Waals surface area contributed by atoms with Gasteiger partial charge in [0.1, 0.15) is 0 Å². The first-order valence-corrected chi connectivity index (χ1v) is 7.39. The second-order valence-electron chi connectivity index (χ2n) is 5.40. The van der Waals surface area contributed by atoms with Gasteiger partial charge in [-0.05, 0) is 18.8 Å². The van der Waals surface area contributed by atoms with E-state index in [4.69, 9.17) is 16.0 Å². The molecule has 0 bridgehead atoms. The van der Waals surface area contributed by atoms with Gasteiger partial charge in [0, 0.05) is 24.9 Å². The molecule has 0 atom stereocenters. The number of hydrogen-bond acceptors (Lipinski definition) is 4. The Morgan fingerprint density at radius 1 is 1.33 bits per heavy atom. The molecule has 0 aliphatic heterocycles. The van der Waals surface area contributed by atoms with Gasteiger partial charge in [0.2, 0.25) is 5.89 Å². The van der Waals surface area contributed by atoms with Crippen LogP contribution >= 0.6 is 11.6 Å². The molecular weight excluding hydrogens is 250 g/mol. The number of alkyl halides is 1. The highest BCUT2D eigenvalue weighted by atomic mass is 35.5. The fraction of sp³-hybridized carbons (Fsp3) is 0.846. The molecule has 1 aromatic heterocycles. The minimum Gasteiger partial charge on any atom is -0.408 e. The molecule has 1 heterocycles. The highest BCUT2D eigenvalue weighted by Crippen LogP contribution is 2.28. The summed E-state index contributed by atoms with van der Waals surface area (Å²) in [6, 6.07) is 1.24. The Kier molecular flexibility index (Phi) is 4.87. The molecule has 102 valence electrons. The van der Waals surface area contributed by atoms with Crippen LogP contribution in [0.4, 0.5) is 6.01 Å².